The molecule has 0 aromatic heterocycles. The fourth-order valence-corrected chi connectivity index (χ4v) is 3.49. The molecule has 1 heterocycles. The number of hydrogen-bond acceptors (Lipinski definition) is 3. The largest absolute Gasteiger partial charge is 0.352 e. The molecule has 1 aliphatic rings. The normalized spacial score (nSPS) is 13.4. The van der Waals surface area contributed by atoms with Crippen LogP contribution in [-0.2, 0) is 11.3 Å². The number of carbonyl (C=O) groups excluding carboxylic acids is 3. The van der Waals surface area contributed by atoms with Crippen LogP contribution in [-0.4, -0.2) is 35.6 Å². The van der Waals surface area contributed by atoms with Crippen molar-refractivity contribution in [3.8, 4) is 0 Å². The summed E-state index contributed by atoms with van der Waals surface area (Å²) in [5.74, 6) is -0.144. The lowest BCUT2D eigenvalue weighted by atomic mass is 10.0. The van der Waals surface area contributed by atoms with Crippen molar-refractivity contribution in [3.05, 3.63) is 70.3 Å². The first-order chi connectivity index (χ1) is 13.9. The minimum Gasteiger partial charge on any atom is -0.352 e. The molecule has 2 aromatic carbocycles. The van der Waals surface area contributed by atoms with Crippen molar-refractivity contribution in [1.29, 1.82) is 0 Å². The number of benzene rings is 2. The van der Waals surface area contributed by atoms with E-state index in [4.69, 9.17) is 0 Å². The van der Waals surface area contributed by atoms with Gasteiger partial charge in [-0.05, 0) is 61.6 Å². The quantitative estimate of drug-likeness (QED) is 0.729. The molecule has 5 heteroatoms. The van der Waals surface area contributed by atoms with Gasteiger partial charge in [0.05, 0.1) is 0 Å². The Morgan fingerprint density at radius 1 is 0.897 bits per heavy atom. The molecule has 152 valence electrons. The van der Waals surface area contributed by atoms with Gasteiger partial charge in [-0.15, -0.1) is 0 Å². The van der Waals surface area contributed by atoms with Gasteiger partial charge in [-0.3, -0.25) is 14.4 Å². The fourth-order valence-electron chi connectivity index (χ4n) is 3.49. The van der Waals surface area contributed by atoms with Crippen LogP contribution < -0.4 is 5.32 Å². The number of aryl methyl sites for hydroxylation is 2. The van der Waals surface area contributed by atoms with Crippen molar-refractivity contribution in [3.63, 3.8) is 0 Å². The number of ketones is 1. The van der Waals surface area contributed by atoms with Gasteiger partial charge in [0.25, 0.3) is 5.91 Å². The van der Waals surface area contributed by atoms with E-state index in [2.05, 4.69) is 5.32 Å². The lowest BCUT2D eigenvalue weighted by molar-refractivity contribution is -0.121. The number of nitrogens with zero attached hydrogens (tertiary/aromatic N) is 1. The molecule has 1 saturated heterocycles. The highest BCUT2D eigenvalue weighted by atomic mass is 16.2. The molecule has 0 radical (unpaired) electrons. The summed E-state index contributed by atoms with van der Waals surface area (Å²) < 4.78 is 0. The van der Waals surface area contributed by atoms with Crippen molar-refractivity contribution in [1.82, 2.24) is 10.2 Å². The predicted molar refractivity (Wildman–Crippen MR) is 113 cm³/mol. The average Bonchev–Trinajstić information content (AvgIpc) is 3.27. The number of hydrogen-bond donors (Lipinski definition) is 1. The van der Waals surface area contributed by atoms with Gasteiger partial charge in [0.2, 0.25) is 5.91 Å². The average molecular weight is 392 g/mol. The van der Waals surface area contributed by atoms with E-state index in [1.54, 1.807) is 0 Å². The molecular weight excluding hydrogens is 364 g/mol. The van der Waals surface area contributed by atoms with Gasteiger partial charge in [-0.1, -0.05) is 24.3 Å². The van der Waals surface area contributed by atoms with E-state index in [0.717, 1.165) is 42.6 Å². The predicted octanol–water partition coefficient (Wildman–Crippen LogP) is 3.82. The number of rotatable bonds is 7. The molecule has 0 spiro atoms. The second kappa shape index (κ2) is 9.50. The van der Waals surface area contributed by atoms with Crippen molar-refractivity contribution >= 4 is 17.6 Å². The molecular formula is C24H28N2O3. The van der Waals surface area contributed by atoms with Crippen LogP contribution in [0.5, 0.6) is 0 Å². The topological polar surface area (TPSA) is 66.5 Å². The Morgan fingerprint density at radius 3 is 2.38 bits per heavy atom. The van der Waals surface area contributed by atoms with Crippen molar-refractivity contribution in [2.45, 2.75) is 46.1 Å². The minimum absolute atomic E-state index is 0.0264. The lowest BCUT2D eigenvalue weighted by Gasteiger charge is -2.15. The number of amides is 2. The Balaban J connectivity index is 1.49. The second-order valence-electron chi connectivity index (χ2n) is 7.70. The van der Waals surface area contributed by atoms with Crippen LogP contribution in [0, 0.1) is 13.8 Å². The van der Waals surface area contributed by atoms with E-state index in [-0.39, 0.29) is 30.4 Å². The molecule has 29 heavy (non-hydrogen) atoms. The lowest BCUT2D eigenvalue weighted by Crippen LogP contribution is -2.28. The Hall–Kier alpha value is -2.95. The van der Waals surface area contributed by atoms with Crippen LogP contribution in [0.1, 0.15) is 63.1 Å². The van der Waals surface area contributed by atoms with Gasteiger partial charge in [0, 0.05) is 43.6 Å². The summed E-state index contributed by atoms with van der Waals surface area (Å²) >= 11 is 0. The van der Waals surface area contributed by atoms with Crippen LogP contribution >= 0.6 is 0 Å². The van der Waals surface area contributed by atoms with Gasteiger partial charge in [0.1, 0.15) is 0 Å². The summed E-state index contributed by atoms with van der Waals surface area (Å²) in [5.41, 5.74) is 4.40. The number of carbonyl (C=O) groups is 3. The Bertz CT molecular complexity index is 914. The number of likely N-dealkylation sites (tertiary alicyclic amines) is 1. The van der Waals surface area contributed by atoms with Crippen molar-refractivity contribution < 1.29 is 14.4 Å². The zero-order chi connectivity index (χ0) is 20.8. The third-order valence-electron chi connectivity index (χ3n) is 5.46. The monoisotopic (exact) mass is 392 g/mol. The van der Waals surface area contributed by atoms with E-state index < -0.39 is 0 Å². The second-order valence-corrected chi connectivity index (χ2v) is 7.70. The summed E-state index contributed by atoms with van der Waals surface area (Å²) in [7, 11) is 0. The first-order valence-electron chi connectivity index (χ1n) is 10.2. The maximum Gasteiger partial charge on any atom is 0.253 e. The standard InChI is InChI=1S/C24H28N2O3/c1-17-8-9-20(14-18(17)2)22(27)10-11-23(28)25-16-19-6-5-7-21(15-19)24(29)26-12-3-4-13-26/h5-9,14-15H,3-4,10-13,16H2,1-2H3,(H,25,28). The summed E-state index contributed by atoms with van der Waals surface area (Å²) in [6.07, 6.45) is 2.45. The molecule has 0 saturated carbocycles. The summed E-state index contributed by atoms with van der Waals surface area (Å²) in [5, 5.41) is 2.85. The molecule has 0 unspecified atom stereocenters. The fraction of sp³-hybridized carbons (Fsp3) is 0.375. The third-order valence-corrected chi connectivity index (χ3v) is 5.46. The summed E-state index contributed by atoms with van der Waals surface area (Å²) in [4.78, 5) is 38.8. The maximum atomic E-state index is 12.5. The number of nitrogens with one attached hydrogen (secondary N) is 1. The Morgan fingerprint density at radius 2 is 1.66 bits per heavy atom. The molecule has 5 nitrogen and oxygen atoms in total. The van der Waals surface area contributed by atoms with E-state index >= 15 is 0 Å². The third kappa shape index (κ3) is 5.53. The van der Waals surface area contributed by atoms with Gasteiger partial charge in [0.15, 0.2) is 5.78 Å². The van der Waals surface area contributed by atoms with Crippen LogP contribution in [0.25, 0.3) is 0 Å². The van der Waals surface area contributed by atoms with E-state index in [9.17, 15) is 14.4 Å². The van der Waals surface area contributed by atoms with E-state index in [1.165, 1.54) is 0 Å². The van der Waals surface area contributed by atoms with Gasteiger partial charge in [-0.2, -0.15) is 0 Å². The maximum absolute atomic E-state index is 12.5. The summed E-state index contributed by atoms with van der Waals surface area (Å²) in [6.45, 7) is 5.95. The molecule has 0 bridgehead atoms. The number of Topliss-reactive ketones (excluding diaryl/α,β-unsaturated/α-hetero) is 1. The molecule has 1 N–H and O–H groups in total. The molecule has 1 aliphatic heterocycles. The molecule has 2 amide bonds. The van der Waals surface area contributed by atoms with Gasteiger partial charge >= 0.3 is 0 Å². The Labute approximate surface area is 172 Å². The van der Waals surface area contributed by atoms with E-state index in [1.807, 2.05) is 61.2 Å². The molecule has 2 aromatic rings. The first-order valence-corrected chi connectivity index (χ1v) is 10.2. The zero-order valence-electron chi connectivity index (χ0n) is 17.2. The Kier molecular flexibility index (Phi) is 6.81. The smallest absolute Gasteiger partial charge is 0.253 e. The highest BCUT2D eigenvalue weighted by Crippen LogP contribution is 2.15. The minimum atomic E-state index is -0.168. The van der Waals surface area contributed by atoms with Gasteiger partial charge < -0.3 is 10.2 Å². The molecule has 1 fully saturated rings. The SMILES string of the molecule is Cc1ccc(C(=O)CCC(=O)NCc2cccc(C(=O)N3CCCC3)c2)cc1C. The highest BCUT2D eigenvalue weighted by Gasteiger charge is 2.19. The molecule has 3 rings (SSSR count). The molecule has 0 aliphatic carbocycles. The van der Waals surface area contributed by atoms with Crippen LogP contribution in [0.4, 0.5) is 0 Å². The van der Waals surface area contributed by atoms with Crippen LogP contribution in [0.15, 0.2) is 42.5 Å². The van der Waals surface area contributed by atoms with Crippen LogP contribution in [0.2, 0.25) is 0 Å². The molecule has 0 atom stereocenters. The van der Waals surface area contributed by atoms with Crippen molar-refractivity contribution in [2.75, 3.05) is 13.1 Å². The highest BCUT2D eigenvalue weighted by molar-refractivity contribution is 5.98. The van der Waals surface area contributed by atoms with Crippen LogP contribution in [0.3, 0.4) is 0 Å². The zero-order valence-corrected chi connectivity index (χ0v) is 17.2. The van der Waals surface area contributed by atoms with E-state index in [0.29, 0.717) is 17.7 Å². The first kappa shape index (κ1) is 20.8. The van der Waals surface area contributed by atoms with Crippen molar-refractivity contribution in [2.24, 2.45) is 0 Å². The summed E-state index contributed by atoms with van der Waals surface area (Å²) in [6, 6.07) is 13.0. The van der Waals surface area contributed by atoms with Gasteiger partial charge in [-0.25, -0.2) is 0 Å².